The van der Waals surface area contributed by atoms with Crippen molar-refractivity contribution in [1.82, 2.24) is 5.32 Å². The van der Waals surface area contributed by atoms with E-state index in [1.54, 1.807) is 21.1 Å². The van der Waals surface area contributed by atoms with Crippen LogP contribution in [0.2, 0.25) is 0 Å². The van der Waals surface area contributed by atoms with E-state index in [4.69, 9.17) is 14.6 Å². The summed E-state index contributed by atoms with van der Waals surface area (Å²) in [5, 5.41) is 11.9. The summed E-state index contributed by atoms with van der Waals surface area (Å²) in [7, 11) is 3.26. The zero-order valence-electron chi connectivity index (χ0n) is 13.0. The van der Waals surface area contributed by atoms with Crippen LogP contribution in [0, 0.1) is 20.8 Å². The normalized spacial score (nSPS) is 12.1. The molecule has 0 aromatic heterocycles. The molecule has 5 nitrogen and oxygen atoms in total. The number of nitrogens with one attached hydrogen (secondary N) is 1. The molecule has 0 radical (unpaired) electrons. The lowest BCUT2D eigenvalue weighted by Crippen LogP contribution is -2.33. The van der Waals surface area contributed by atoms with Crippen molar-refractivity contribution in [2.45, 2.75) is 40.3 Å². The van der Waals surface area contributed by atoms with Gasteiger partial charge in [-0.25, -0.2) is 0 Å². The number of ether oxygens (including phenoxy) is 2. The predicted molar refractivity (Wildman–Crippen MR) is 77.7 cm³/mol. The third-order valence-corrected chi connectivity index (χ3v) is 3.67. The maximum atomic E-state index is 10.9. The van der Waals surface area contributed by atoms with E-state index in [1.807, 2.05) is 20.8 Å². The van der Waals surface area contributed by atoms with Gasteiger partial charge in [0.2, 0.25) is 0 Å². The molecule has 0 bridgehead atoms. The molecular formula is C15H23NO4. The van der Waals surface area contributed by atoms with Gasteiger partial charge in [0.1, 0.15) is 17.5 Å². The number of carboxylic acids is 1. The van der Waals surface area contributed by atoms with Crippen LogP contribution in [0.5, 0.6) is 11.5 Å². The summed E-state index contributed by atoms with van der Waals surface area (Å²) >= 11 is 0. The number of hydrogen-bond donors (Lipinski definition) is 2. The highest BCUT2D eigenvalue weighted by Gasteiger charge is 2.19. The largest absolute Gasteiger partial charge is 0.496 e. The summed E-state index contributed by atoms with van der Waals surface area (Å²) in [4.78, 5) is 10.9. The Labute approximate surface area is 119 Å². The average Bonchev–Trinajstić information content (AvgIpc) is 2.41. The van der Waals surface area contributed by atoms with Crippen LogP contribution in [-0.2, 0) is 11.3 Å². The molecule has 0 heterocycles. The molecule has 0 aliphatic carbocycles. The first-order valence-electron chi connectivity index (χ1n) is 6.51. The molecule has 0 saturated heterocycles. The van der Waals surface area contributed by atoms with Crippen LogP contribution in [0.15, 0.2) is 0 Å². The fraction of sp³-hybridized carbons (Fsp3) is 0.533. The van der Waals surface area contributed by atoms with E-state index in [9.17, 15) is 4.79 Å². The summed E-state index contributed by atoms with van der Waals surface area (Å²) in [5.74, 6) is 0.728. The molecule has 0 aliphatic rings. The van der Waals surface area contributed by atoms with Crippen LogP contribution >= 0.6 is 0 Å². The molecule has 1 atom stereocenters. The Morgan fingerprint density at radius 1 is 1.10 bits per heavy atom. The van der Waals surface area contributed by atoms with E-state index in [2.05, 4.69) is 5.32 Å². The number of aliphatic carboxylic acids is 1. The van der Waals surface area contributed by atoms with Gasteiger partial charge in [-0.1, -0.05) is 0 Å². The van der Waals surface area contributed by atoms with Crippen LogP contribution in [-0.4, -0.2) is 31.3 Å². The summed E-state index contributed by atoms with van der Waals surface area (Å²) in [6.07, 6.45) is 0. The monoisotopic (exact) mass is 281 g/mol. The smallest absolute Gasteiger partial charge is 0.320 e. The molecule has 112 valence electrons. The standard InChI is InChI=1S/C15H23NO4/c1-8-9(2)14(20-6)12(10(3)13(8)19-5)7-16-11(4)15(17)18/h11,16H,7H2,1-6H3,(H,17,18)/t11-/m0/s1. The molecule has 2 N–H and O–H groups in total. The van der Waals surface area contributed by atoms with Crippen molar-refractivity contribution in [3.63, 3.8) is 0 Å². The van der Waals surface area contributed by atoms with Gasteiger partial charge in [0.05, 0.1) is 14.2 Å². The minimum Gasteiger partial charge on any atom is -0.496 e. The highest BCUT2D eigenvalue weighted by Crippen LogP contribution is 2.37. The second-order valence-electron chi connectivity index (χ2n) is 4.86. The first-order valence-corrected chi connectivity index (χ1v) is 6.51. The second kappa shape index (κ2) is 6.61. The fourth-order valence-electron chi connectivity index (χ4n) is 2.29. The zero-order chi connectivity index (χ0) is 15.4. The first-order chi connectivity index (χ1) is 9.34. The molecule has 20 heavy (non-hydrogen) atoms. The van der Waals surface area contributed by atoms with E-state index < -0.39 is 12.0 Å². The van der Waals surface area contributed by atoms with Gasteiger partial charge in [-0.15, -0.1) is 0 Å². The van der Waals surface area contributed by atoms with Gasteiger partial charge >= 0.3 is 5.97 Å². The molecule has 0 aliphatic heterocycles. The van der Waals surface area contributed by atoms with Crippen molar-refractivity contribution in [2.75, 3.05) is 14.2 Å². The molecule has 0 fully saturated rings. The Bertz CT molecular complexity index is 511. The number of methoxy groups -OCH3 is 2. The van der Waals surface area contributed by atoms with Gasteiger partial charge in [-0.2, -0.15) is 0 Å². The highest BCUT2D eigenvalue weighted by atomic mass is 16.5. The minimum atomic E-state index is -0.877. The molecule has 0 saturated carbocycles. The van der Waals surface area contributed by atoms with Crippen molar-refractivity contribution >= 4 is 5.97 Å². The van der Waals surface area contributed by atoms with Crippen molar-refractivity contribution in [3.8, 4) is 11.5 Å². The quantitative estimate of drug-likeness (QED) is 0.836. The first kappa shape index (κ1) is 16.3. The van der Waals surface area contributed by atoms with Gasteiger partial charge in [0.25, 0.3) is 0 Å². The summed E-state index contributed by atoms with van der Waals surface area (Å²) < 4.78 is 10.9. The molecule has 5 heteroatoms. The molecule has 0 unspecified atom stereocenters. The predicted octanol–water partition coefficient (Wildman–Crippen LogP) is 2.19. The number of benzene rings is 1. The second-order valence-corrected chi connectivity index (χ2v) is 4.86. The summed E-state index contributed by atoms with van der Waals surface area (Å²) in [6.45, 7) is 7.94. The molecule has 0 spiro atoms. The number of carbonyl (C=O) groups is 1. The maximum Gasteiger partial charge on any atom is 0.320 e. The van der Waals surface area contributed by atoms with Crippen molar-refractivity contribution in [3.05, 3.63) is 22.3 Å². The van der Waals surface area contributed by atoms with Gasteiger partial charge in [0.15, 0.2) is 0 Å². The van der Waals surface area contributed by atoms with Gasteiger partial charge in [-0.3, -0.25) is 4.79 Å². The average molecular weight is 281 g/mol. The van der Waals surface area contributed by atoms with E-state index in [1.165, 1.54) is 0 Å². The van der Waals surface area contributed by atoms with Gasteiger partial charge < -0.3 is 19.9 Å². The lowest BCUT2D eigenvalue weighted by molar-refractivity contribution is -0.139. The SMILES string of the molecule is COc1c(C)c(C)c(OC)c(CN[C@@H](C)C(=O)O)c1C. The van der Waals surface area contributed by atoms with Crippen molar-refractivity contribution in [2.24, 2.45) is 0 Å². The number of rotatable bonds is 6. The Morgan fingerprint density at radius 3 is 2.05 bits per heavy atom. The molecule has 1 aromatic carbocycles. The van der Waals surface area contributed by atoms with E-state index in [0.717, 1.165) is 33.8 Å². The van der Waals surface area contributed by atoms with Gasteiger partial charge in [0, 0.05) is 12.1 Å². The van der Waals surface area contributed by atoms with Crippen LogP contribution < -0.4 is 14.8 Å². The topological polar surface area (TPSA) is 67.8 Å². The lowest BCUT2D eigenvalue weighted by Gasteiger charge is -2.21. The molecule has 1 aromatic rings. The Balaban J connectivity index is 3.23. The Hall–Kier alpha value is -1.75. The fourth-order valence-corrected chi connectivity index (χ4v) is 2.29. The van der Waals surface area contributed by atoms with Crippen LogP contribution in [0.3, 0.4) is 0 Å². The van der Waals surface area contributed by atoms with Crippen molar-refractivity contribution < 1.29 is 19.4 Å². The number of carboxylic acid groups (broad SMARTS) is 1. The highest BCUT2D eigenvalue weighted by molar-refractivity contribution is 5.72. The Morgan fingerprint density at radius 2 is 1.60 bits per heavy atom. The Kier molecular flexibility index (Phi) is 5.39. The summed E-state index contributed by atoms with van der Waals surface area (Å²) in [5.41, 5.74) is 3.95. The third kappa shape index (κ3) is 3.04. The summed E-state index contributed by atoms with van der Waals surface area (Å²) in [6, 6.07) is -0.619. The molecular weight excluding hydrogens is 258 g/mol. The van der Waals surface area contributed by atoms with Crippen molar-refractivity contribution in [1.29, 1.82) is 0 Å². The molecule has 1 rings (SSSR count). The zero-order valence-corrected chi connectivity index (χ0v) is 13.0. The lowest BCUT2D eigenvalue weighted by atomic mass is 9.97. The van der Waals surface area contributed by atoms with Gasteiger partial charge in [-0.05, 0) is 44.4 Å². The van der Waals surface area contributed by atoms with E-state index in [0.29, 0.717) is 6.54 Å². The van der Waals surface area contributed by atoms with Crippen LogP contribution in [0.1, 0.15) is 29.2 Å². The molecule has 0 amide bonds. The van der Waals surface area contributed by atoms with E-state index in [-0.39, 0.29) is 0 Å². The number of hydrogen-bond acceptors (Lipinski definition) is 4. The van der Waals surface area contributed by atoms with Crippen LogP contribution in [0.25, 0.3) is 0 Å². The van der Waals surface area contributed by atoms with Crippen LogP contribution in [0.4, 0.5) is 0 Å². The maximum absolute atomic E-state index is 10.9. The van der Waals surface area contributed by atoms with E-state index >= 15 is 0 Å². The minimum absolute atomic E-state index is 0.417. The third-order valence-electron chi connectivity index (χ3n) is 3.67.